The Labute approximate surface area is 164 Å². The van der Waals surface area contributed by atoms with Crippen LogP contribution in [0.15, 0.2) is 66.7 Å². The first-order chi connectivity index (χ1) is 13.8. The third kappa shape index (κ3) is 3.71. The normalized spacial score (nSPS) is 14.2. The lowest BCUT2D eigenvalue weighted by atomic mass is 10.1. The van der Waals surface area contributed by atoms with Crippen molar-refractivity contribution in [1.82, 2.24) is 14.7 Å². The van der Waals surface area contributed by atoms with Gasteiger partial charge in [-0.15, -0.1) is 0 Å². The van der Waals surface area contributed by atoms with Gasteiger partial charge in [0.05, 0.1) is 18.0 Å². The standard InChI is InChI=1S/C22H24N4O2/c1-2-28-22(27)25-15-13-24(14-16-25)21-17-20(18-9-5-3-6-10-18)23-26(21)19-11-7-4-8-12-19/h3-12,17H,2,13-16H2,1H3. The summed E-state index contributed by atoms with van der Waals surface area (Å²) in [5, 5.41) is 4.88. The van der Waals surface area contributed by atoms with Gasteiger partial charge in [-0.1, -0.05) is 48.5 Å². The van der Waals surface area contributed by atoms with Gasteiger partial charge < -0.3 is 14.5 Å². The first kappa shape index (κ1) is 18.1. The maximum atomic E-state index is 12.0. The fraction of sp³-hybridized carbons (Fsp3) is 0.273. The Morgan fingerprint density at radius 3 is 2.25 bits per heavy atom. The molecule has 0 spiro atoms. The van der Waals surface area contributed by atoms with Crippen LogP contribution in [0.5, 0.6) is 0 Å². The maximum Gasteiger partial charge on any atom is 0.409 e. The van der Waals surface area contributed by atoms with Gasteiger partial charge in [0.25, 0.3) is 0 Å². The van der Waals surface area contributed by atoms with E-state index in [0.717, 1.165) is 35.9 Å². The summed E-state index contributed by atoms with van der Waals surface area (Å²) in [5.74, 6) is 1.04. The molecule has 28 heavy (non-hydrogen) atoms. The molecule has 6 nitrogen and oxygen atoms in total. The highest BCUT2D eigenvalue weighted by Crippen LogP contribution is 2.28. The molecule has 1 fully saturated rings. The number of piperazine rings is 1. The highest BCUT2D eigenvalue weighted by atomic mass is 16.6. The van der Waals surface area contributed by atoms with Gasteiger partial charge in [0.1, 0.15) is 5.82 Å². The predicted molar refractivity (Wildman–Crippen MR) is 110 cm³/mol. The van der Waals surface area contributed by atoms with Gasteiger partial charge in [-0.05, 0) is 19.1 Å². The van der Waals surface area contributed by atoms with Crippen LogP contribution in [-0.2, 0) is 4.74 Å². The third-order valence-corrected chi connectivity index (χ3v) is 4.89. The Hall–Kier alpha value is -3.28. The van der Waals surface area contributed by atoms with E-state index >= 15 is 0 Å². The molecule has 1 aromatic heterocycles. The molecule has 4 rings (SSSR count). The zero-order valence-corrected chi connectivity index (χ0v) is 16.0. The number of rotatable bonds is 4. The largest absolute Gasteiger partial charge is 0.450 e. The van der Waals surface area contributed by atoms with Crippen LogP contribution in [0.25, 0.3) is 16.9 Å². The van der Waals surface area contributed by atoms with Crippen molar-refractivity contribution in [3.63, 3.8) is 0 Å². The summed E-state index contributed by atoms with van der Waals surface area (Å²) >= 11 is 0. The number of carbonyl (C=O) groups is 1. The molecule has 0 atom stereocenters. The number of ether oxygens (including phenoxy) is 1. The van der Waals surface area contributed by atoms with Crippen molar-refractivity contribution in [1.29, 1.82) is 0 Å². The van der Waals surface area contributed by atoms with E-state index < -0.39 is 0 Å². The van der Waals surface area contributed by atoms with Crippen LogP contribution in [0.1, 0.15) is 6.92 Å². The van der Waals surface area contributed by atoms with Crippen molar-refractivity contribution in [2.45, 2.75) is 6.92 Å². The number of aromatic nitrogens is 2. The molecule has 3 aromatic rings. The summed E-state index contributed by atoms with van der Waals surface area (Å²) < 4.78 is 7.12. The molecule has 0 aliphatic carbocycles. The van der Waals surface area contributed by atoms with Crippen LogP contribution in [0.4, 0.5) is 10.6 Å². The molecule has 1 amide bonds. The summed E-state index contributed by atoms with van der Waals surface area (Å²) in [6, 6.07) is 22.5. The second kappa shape index (κ2) is 8.17. The monoisotopic (exact) mass is 376 g/mol. The van der Waals surface area contributed by atoms with Gasteiger partial charge in [-0.3, -0.25) is 0 Å². The smallest absolute Gasteiger partial charge is 0.409 e. The van der Waals surface area contributed by atoms with Crippen molar-refractivity contribution in [3.05, 3.63) is 66.7 Å². The van der Waals surface area contributed by atoms with Gasteiger partial charge >= 0.3 is 6.09 Å². The van der Waals surface area contributed by atoms with Gasteiger partial charge in [0, 0.05) is 37.8 Å². The van der Waals surface area contributed by atoms with Crippen molar-refractivity contribution in [2.24, 2.45) is 0 Å². The Balaban J connectivity index is 1.63. The minimum absolute atomic E-state index is 0.233. The summed E-state index contributed by atoms with van der Waals surface area (Å²) in [5.41, 5.74) is 3.04. The number of carbonyl (C=O) groups excluding carboxylic acids is 1. The fourth-order valence-electron chi connectivity index (χ4n) is 3.44. The van der Waals surface area contributed by atoms with Crippen LogP contribution in [0.2, 0.25) is 0 Å². The zero-order valence-electron chi connectivity index (χ0n) is 16.0. The molecular formula is C22H24N4O2. The molecule has 0 unspecified atom stereocenters. The van der Waals surface area contributed by atoms with E-state index in [-0.39, 0.29) is 6.09 Å². The van der Waals surface area contributed by atoms with E-state index in [9.17, 15) is 4.79 Å². The lowest BCUT2D eigenvalue weighted by Crippen LogP contribution is -2.49. The lowest BCUT2D eigenvalue weighted by molar-refractivity contribution is 0.105. The second-order valence-electron chi connectivity index (χ2n) is 6.67. The second-order valence-corrected chi connectivity index (χ2v) is 6.67. The lowest BCUT2D eigenvalue weighted by Gasteiger charge is -2.35. The molecule has 0 saturated carbocycles. The zero-order chi connectivity index (χ0) is 19.3. The number of hydrogen-bond acceptors (Lipinski definition) is 4. The number of amides is 1. The number of hydrogen-bond donors (Lipinski definition) is 0. The summed E-state index contributed by atoms with van der Waals surface area (Å²) in [6.45, 7) is 4.99. The van der Waals surface area contributed by atoms with Crippen molar-refractivity contribution in [2.75, 3.05) is 37.7 Å². The van der Waals surface area contributed by atoms with Crippen molar-refractivity contribution >= 4 is 11.9 Å². The molecule has 0 bridgehead atoms. The van der Waals surface area contributed by atoms with Crippen molar-refractivity contribution in [3.8, 4) is 16.9 Å². The van der Waals surface area contributed by atoms with Gasteiger partial charge in [0.2, 0.25) is 0 Å². The van der Waals surface area contributed by atoms with Crippen LogP contribution in [-0.4, -0.2) is 53.6 Å². The minimum atomic E-state index is -0.233. The Morgan fingerprint density at radius 1 is 0.964 bits per heavy atom. The molecule has 6 heteroatoms. The average Bonchev–Trinajstić information content (AvgIpc) is 3.21. The van der Waals surface area contributed by atoms with E-state index in [1.165, 1.54) is 0 Å². The quantitative estimate of drug-likeness (QED) is 0.695. The van der Waals surface area contributed by atoms with Gasteiger partial charge in [-0.25, -0.2) is 9.48 Å². The Bertz CT molecular complexity index is 916. The van der Waals surface area contributed by atoms with Crippen molar-refractivity contribution < 1.29 is 9.53 Å². The van der Waals surface area contributed by atoms with Crippen LogP contribution >= 0.6 is 0 Å². The van der Waals surface area contributed by atoms with E-state index in [1.54, 1.807) is 4.90 Å². The number of nitrogens with zero attached hydrogens (tertiary/aromatic N) is 4. The Morgan fingerprint density at radius 2 is 1.61 bits per heavy atom. The van der Waals surface area contributed by atoms with E-state index in [1.807, 2.05) is 48.0 Å². The van der Waals surface area contributed by atoms with E-state index in [0.29, 0.717) is 19.7 Å². The van der Waals surface area contributed by atoms with E-state index in [2.05, 4.69) is 35.2 Å². The highest BCUT2D eigenvalue weighted by molar-refractivity contribution is 5.69. The number of para-hydroxylation sites is 1. The van der Waals surface area contributed by atoms with Gasteiger partial charge in [-0.2, -0.15) is 5.10 Å². The molecule has 1 aliphatic rings. The highest BCUT2D eigenvalue weighted by Gasteiger charge is 2.25. The first-order valence-corrected chi connectivity index (χ1v) is 9.64. The maximum absolute atomic E-state index is 12.0. The molecule has 144 valence electrons. The molecule has 0 N–H and O–H groups in total. The van der Waals surface area contributed by atoms with Crippen LogP contribution < -0.4 is 4.90 Å². The number of anilines is 1. The average molecular weight is 376 g/mol. The molecule has 1 aliphatic heterocycles. The first-order valence-electron chi connectivity index (χ1n) is 9.64. The van der Waals surface area contributed by atoms with Crippen LogP contribution in [0.3, 0.4) is 0 Å². The fourth-order valence-corrected chi connectivity index (χ4v) is 3.44. The predicted octanol–water partition coefficient (Wildman–Crippen LogP) is 3.82. The molecule has 0 radical (unpaired) electrons. The summed E-state index contributed by atoms with van der Waals surface area (Å²) in [7, 11) is 0. The summed E-state index contributed by atoms with van der Waals surface area (Å²) in [6.07, 6.45) is -0.233. The molecule has 2 heterocycles. The molecule has 1 saturated heterocycles. The SMILES string of the molecule is CCOC(=O)N1CCN(c2cc(-c3ccccc3)nn2-c2ccccc2)CC1. The van der Waals surface area contributed by atoms with E-state index in [4.69, 9.17) is 9.84 Å². The topological polar surface area (TPSA) is 50.6 Å². The third-order valence-electron chi connectivity index (χ3n) is 4.89. The molecule has 2 aromatic carbocycles. The molecular weight excluding hydrogens is 352 g/mol. The Kier molecular flexibility index (Phi) is 5.28. The summed E-state index contributed by atoms with van der Waals surface area (Å²) in [4.78, 5) is 16.0. The number of benzene rings is 2. The minimum Gasteiger partial charge on any atom is -0.450 e. The van der Waals surface area contributed by atoms with Crippen LogP contribution in [0, 0.1) is 0 Å². The van der Waals surface area contributed by atoms with Gasteiger partial charge in [0.15, 0.2) is 0 Å².